The molecule has 0 aromatic heterocycles. The molecule has 1 aromatic rings. The average Bonchev–Trinajstić information content (AvgIpc) is 1.94. The first-order chi connectivity index (χ1) is 5.59. The molecule has 0 bridgehead atoms. The highest BCUT2D eigenvalue weighted by atomic mass is 32.2. The van der Waals surface area contributed by atoms with E-state index in [0.717, 1.165) is 0 Å². The second-order valence-electron chi connectivity index (χ2n) is 2.93. The molecule has 1 N–H and O–H groups in total. The van der Waals surface area contributed by atoms with E-state index in [4.69, 9.17) is 5.41 Å². The lowest BCUT2D eigenvalue weighted by Gasteiger charge is -2.04. The van der Waals surface area contributed by atoms with Crippen LogP contribution in [0.5, 0.6) is 0 Å². The molecule has 0 aliphatic heterocycles. The molecule has 1 rings (SSSR count). The number of hydrogen-bond acceptors (Lipinski definition) is 2. The minimum absolute atomic E-state index is 0.641. The number of benzene rings is 1. The Bertz CT molecular complexity index is 305. The smallest absolute Gasteiger partial charge is 0.0658 e. The maximum Gasteiger partial charge on any atom is 0.0658 e. The fourth-order valence-electron chi connectivity index (χ4n) is 1.08. The van der Waals surface area contributed by atoms with Crippen molar-refractivity contribution < 1.29 is 0 Å². The van der Waals surface area contributed by atoms with E-state index < -0.39 is 0 Å². The molecule has 64 valence electrons. The number of aryl methyl sites for hydroxylation is 2. The van der Waals surface area contributed by atoms with Crippen LogP contribution in [0.25, 0.3) is 0 Å². The van der Waals surface area contributed by atoms with Crippen molar-refractivity contribution in [2.24, 2.45) is 0 Å². The van der Waals surface area contributed by atoms with E-state index in [0.29, 0.717) is 5.04 Å². The predicted octanol–water partition coefficient (Wildman–Crippen LogP) is 3.39. The van der Waals surface area contributed by atoms with Gasteiger partial charge in [0.2, 0.25) is 0 Å². The molecule has 0 saturated heterocycles. The third-order valence-electron chi connectivity index (χ3n) is 1.59. The van der Waals surface area contributed by atoms with E-state index in [1.165, 1.54) is 27.8 Å². The normalized spacial score (nSPS) is 9.92. The van der Waals surface area contributed by atoms with Gasteiger partial charge in [0.25, 0.3) is 0 Å². The zero-order valence-electron chi connectivity index (χ0n) is 7.64. The van der Waals surface area contributed by atoms with Gasteiger partial charge in [-0.25, -0.2) is 0 Å². The number of hydrogen-bond donors (Lipinski definition) is 1. The van der Waals surface area contributed by atoms with Crippen molar-refractivity contribution in [1.82, 2.24) is 0 Å². The molecular formula is C10H13NS. The molecule has 2 heteroatoms. The highest BCUT2D eigenvalue weighted by molar-refractivity contribution is 8.13. The van der Waals surface area contributed by atoms with Crippen LogP contribution >= 0.6 is 11.8 Å². The first kappa shape index (κ1) is 9.33. The summed E-state index contributed by atoms with van der Waals surface area (Å²) in [4.78, 5) is 1.19. The maximum atomic E-state index is 7.35. The van der Waals surface area contributed by atoms with Crippen LogP contribution in [0.15, 0.2) is 23.1 Å². The van der Waals surface area contributed by atoms with E-state index >= 15 is 0 Å². The molecule has 0 atom stereocenters. The SMILES string of the molecule is CC(=N)Sc1ccc(C)cc1C. The van der Waals surface area contributed by atoms with Gasteiger partial charge in [0.05, 0.1) is 5.04 Å². The van der Waals surface area contributed by atoms with Gasteiger partial charge in [0.15, 0.2) is 0 Å². The number of rotatable bonds is 1. The lowest BCUT2D eigenvalue weighted by atomic mass is 10.2. The van der Waals surface area contributed by atoms with E-state index in [9.17, 15) is 0 Å². The van der Waals surface area contributed by atoms with Crippen molar-refractivity contribution in [2.45, 2.75) is 25.7 Å². The Morgan fingerprint density at radius 1 is 1.33 bits per heavy atom. The van der Waals surface area contributed by atoms with Crippen LogP contribution in [0.4, 0.5) is 0 Å². The van der Waals surface area contributed by atoms with Crippen molar-refractivity contribution in [3.8, 4) is 0 Å². The third kappa shape index (κ3) is 2.38. The van der Waals surface area contributed by atoms with Crippen LogP contribution in [-0.2, 0) is 0 Å². The third-order valence-corrected chi connectivity index (χ3v) is 2.58. The Balaban J connectivity index is 2.93. The molecule has 0 heterocycles. The molecule has 0 spiro atoms. The first-order valence-electron chi connectivity index (χ1n) is 3.90. The van der Waals surface area contributed by atoms with Crippen LogP contribution in [0.1, 0.15) is 18.1 Å². The van der Waals surface area contributed by atoms with Crippen LogP contribution in [-0.4, -0.2) is 5.04 Å². The summed E-state index contributed by atoms with van der Waals surface area (Å²) in [6.45, 7) is 5.97. The fourth-order valence-corrected chi connectivity index (χ4v) is 1.76. The summed E-state index contributed by atoms with van der Waals surface area (Å²) in [5.41, 5.74) is 2.53. The molecule has 12 heavy (non-hydrogen) atoms. The van der Waals surface area contributed by atoms with Crippen LogP contribution in [0.2, 0.25) is 0 Å². The van der Waals surface area contributed by atoms with Crippen molar-refractivity contribution in [1.29, 1.82) is 5.41 Å². The van der Waals surface area contributed by atoms with Crippen molar-refractivity contribution >= 4 is 16.8 Å². The lowest BCUT2D eigenvalue weighted by molar-refractivity contribution is 1.27. The Morgan fingerprint density at radius 2 is 2.00 bits per heavy atom. The Kier molecular flexibility index (Phi) is 2.93. The summed E-state index contributed by atoms with van der Waals surface area (Å²) >= 11 is 1.52. The molecular weight excluding hydrogens is 166 g/mol. The monoisotopic (exact) mass is 179 g/mol. The summed E-state index contributed by atoms with van der Waals surface area (Å²) < 4.78 is 0. The average molecular weight is 179 g/mol. The molecule has 1 aromatic carbocycles. The van der Waals surface area contributed by atoms with Gasteiger partial charge >= 0.3 is 0 Å². The van der Waals surface area contributed by atoms with E-state index in [2.05, 4.69) is 32.0 Å². The first-order valence-corrected chi connectivity index (χ1v) is 4.71. The molecule has 0 fully saturated rings. The van der Waals surface area contributed by atoms with Gasteiger partial charge in [-0.1, -0.05) is 29.5 Å². The molecule has 1 nitrogen and oxygen atoms in total. The molecule has 0 unspecified atom stereocenters. The summed E-state index contributed by atoms with van der Waals surface area (Å²) in [6, 6.07) is 6.30. The summed E-state index contributed by atoms with van der Waals surface area (Å²) in [5, 5.41) is 7.99. The van der Waals surface area contributed by atoms with E-state index in [1.807, 2.05) is 6.92 Å². The standard InChI is InChI=1S/C10H13NS/c1-7-4-5-10(8(2)6-7)12-9(3)11/h4-6,11H,1-3H3. The van der Waals surface area contributed by atoms with E-state index in [-0.39, 0.29) is 0 Å². The Labute approximate surface area is 77.7 Å². The largest absolute Gasteiger partial charge is 0.298 e. The minimum atomic E-state index is 0.641. The number of nitrogens with one attached hydrogen (secondary N) is 1. The fraction of sp³-hybridized carbons (Fsp3) is 0.300. The van der Waals surface area contributed by atoms with Gasteiger partial charge in [-0.3, -0.25) is 5.41 Å². The van der Waals surface area contributed by atoms with Gasteiger partial charge in [0, 0.05) is 4.90 Å². The second-order valence-corrected chi connectivity index (χ2v) is 4.18. The minimum Gasteiger partial charge on any atom is -0.298 e. The highest BCUT2D eigenvalue weighted by Crippen LogP contribution is 2.23. The topological polar surface area (TPSA) is 23.9 Å². The van der Waals surface area contributed by atoms with Crippen molar-refractivity contribution in [3.63, 3.8) is 0 Å². The van der Waals surface area contributed by atoms with Gasteiger partial charge in [0.1, 0.15) is 0 Å². The summed E-state index contributed by atoms with van der Waals surface area (Å²) in [7, 11) is 0. The molecule has 0 saturated carbocycles. The Morgan fingerprint density at radius 3 is 2.50 bits per heavy atom. The Hall–Kier alpha value is -0.760. The molecule has 0 aliphatic rings. The van der Waals surface area contributed by atoms with Crippen molar-refractivity contribution in [2.75, 3.05) is 0 Å². The second kappa shape index (κ2) is 3.76. The number of thioether (sulfide) groups is 1. The zero-order chi connectivity index (χ0) is 9.14. The molecule has 0 aliphatic carbocycles. The van der Waals surface area contributed by atoms with Gasteiger partial charge in [-0.05, 0) is 32.4 Å². The van der Waals surface area contributed by atoms with Gasteiger partial charge < -0.3 is 0 Å². The van der Waals surface area contributed by atoms with Gasteiger partial charge in [-0.2, -0.15) is 0 Å². The zero-order valence-corrected chi connectivity index (χ0v) is 8.46. The van der Waals surface area contributed by atoms with Crippen molar-refractivity contribution in [3.05, 3.63) is 29.3 Å². The quantitative estimate of drug-likeness (QED) is 0.399. The molecule has 0 radical (unpaired) electrons. The van der Waals surface area contributed by atoms with E-state index in [1.54, 1.807) is 0 Å². The maximum absolute atomic E-state index is 7.35. The van der Waals surface area contributed by atoms with Crippen LogP contribution in [0.3, 0.4) is 0 Å². The highest BCUT2D eigenvalue weighted by Gasteiger charge is 1.99. The molecule has 0 amide bonds. The summed E-state index contributed by atoms with van der Waals surface area (Å²) in [6.07, 6.45) is 0. The van der Waals surface area contributed by atoms with Crippen LogP contribution in [0, 0.1) is 19.3 Å². The van der Waals surface area contributed by atoms with Crippen LogP contribution < -0.4 is 0 Å². The lowest BCUT2D eigenvalue weighted by Crippen LogP contribution is -1.85. The van der Waals surface area contributed by atoms with Gasteiger partial charge in [-0.15, -0.1) is 0 Å². The summed E-state index contributed by atoms with van der Waals surface area (Å²) in [5.74, 6) is 0. The predicted molar refractivity (Wildman–Crippen MR) is 55.2 cm³/mol.